The van der Waals surface area contributed by atoms with Gasteiger partial charge in [-0.2, -0.15) is 0 Å². The van der Waals surface area contributed by atoms with Gasteiger partial charge in [-0.1, -0.05) is 85.8 Å². The molecule has 3 aromatic carbocycles. The van der Waals surface area contributed by atoms with E-state index in [1.807, 2.05) is 66.7 Å². The minimum absolute atomic E-state index is 0.0567. The molecule has 0 aliphatic carbocycles. The molecule has 0 aliphatic rings. The van der Waals surface area contributed by atoms with Gasteiger partial charge >= 0.3 is 5.97 Å². The van der Waals surface area contributed by atoms with Crippen LogP contribution in [0.3, 0.4) is 0 Å². The molecule has 0 aliphatic heterocycles. The van der Waals surface area contributed by atoms with Crippen LogP contribution in [0.5, 0.6) is 0 Å². The van der Waals surface area contributed by atoms with Crippen LogP contribution in [0.1, 0.15) is 40.4 Å². The van der Waals surface area contributed by atoms with Crippen molar-refractivity contribution in [2.24, 2.45) is 0 Å². The van der Waals surface area contributed by atoms with E-state index in [1.54, 1.807) is 12.1 Å². The molecule has 3 rings (SSSR count). The topological polar surface area (TPSA) is 26.3 Å². The fourth-order valence-electron chi connectivity index (χ4n) is 2.79. The molecule has 0 heterocycles. The van der Waals surface area contributed by atoms with Crippen LogP contribution in [0.25, 0.3) is 0 Å². The van der Waals surface area contributed by atoms with E-state index in [9.17, 15) is 4.79 Å². The average molecular weight is 316 g/mol. The predicted molar refractivity (Wildman–Crippen MR) is 95.9 cm³/mol. The zero-order valence-corrected chi connectivity index (χ0v) is 13.6. The molecule has 0 spiro atoms. The zero-order valence-electron chi connectivity index (χ0n) is 13.6. The number of rotatable bonds is 5. The standard InChI is InChI=1S/C22H20O2/c1-17(18-11-5-2-6-12-18)21(19-13-7-3-8-14-19)24-22(23)20-15-9-4-10-16-20/h2-17,21H,1H3. The summed E-state index contributed by atoms with van der Waals surface area (Å²) in [6, 6.07) is 29.2. The van der Waals surface area contributed by atoms with Crippen LogP contribution < -0.4 is 0 Å². The fraction of sp³-hybridized carbons (Fsp3) is 0.136. The van der Waals surface area contributed by atoms with Crippen molar-refractivity contribution in [2.45, 2.75) is 18.9 Å². The maximum atomic E-state index is 12.5. The smallest absolute Gasteiger partial charge is 0.338 e. The predicted octanol–water partition coefficient (Wildman–Crippen LogP) is 5.39. The Bertz CT molecular complexity index is 767. The number of hydrogen-bond donors (Lipinski definition) is 0. The summed E-state index contributed by atoms with van der Waals surface area (Å²) in [7, 11) is 0. The van der Waals surface area contributed by atoms with Crippen molar-refractivity contribution in [3.05, 3.63) is 108 Å². The Hall–Kier alpha value is -2.87. The number of ether oxygens (including phenoxy) is 1. The Morgan fingerprint density at radius 2 is 1.17 bits per heavy atom. The Morgan fingerprint density at radius 3 is 1.71 bits per heavy atom. The molecule has 0 radical (unpaired) electrons. The normalized spacial score (nSPS) is 13.0. The van der Waals surface area contributed by atoms with Crippen molar-refractivity contribution >= 4 is 5.97 Å². The molecular weight excluding hydrogens is 296 g/mol. The Balaban J connectivity index is 1.90. The van der Waals surface area contributed by atoms with Gasteiger partial charge in [-0.25, -0.2) is 4.79 Å². The first-order valence-electron chi connectivity index (χ1n) is 8.11. The van der Waals surface area contributed by atoms with E-state index in [4.69, 9.17) is 4.74 Å². The van der Waals surface area contributed by atoms with Gasteiger partial charge in [0.2, 0.25) is 0 Å². The molecule has 2 atom stereocenters. The second kappa shape index (κ2) is 7.60. The molecule has 0 aromatic heterocycles. The molecule has 2 nitrogen and oxygen atoms in total. The maximum Gasteiger partial charge on any atom is 0.338 e. The lowest BCUT2D eigenvalue weighted by Crippen LogP contribution is -2.17. The highest BCUT2D eigenvalue weighted by Crippen LogP contribution is 2.34. The van der Waals surface area contributed by atoms with Crippen LogP contribution in [0.4, 0.5) is 0 Å². The molecular formula is C22H20O2. The summed E-state index contributed by atoms with van der Waals surface area (Å²) in [5.74, 6) is -0.242. The highest BCUT2D eigenvalue weighted by atomic mass is 16.5. The summed E-state index contributed by atoms with van der Waals surface area (Å²) in [6.07, 6.45) is -0.332. The van der Waals surface area contributed by atoms with Gasteiger partial charge in [0.25, 0.3) is 0 Å². The van der Waals surface area contributed by atoms with Crippen LogP contribution in [0.2, 0.25) is 0 Å². The van der Waals surface area contributed by atoms with Crippen LogP contribution in [0.15, 0.2) is 91.0 Å². The monoisotopic (exact) mass is 316 g/mol. The third kappa shape index (κ3) is 3.72. The molecule has 0 saturated carbocycles. The number of benzene rings is 3. The third-order valence-corrected chi connectivity index (χ3v) is 4.15. The lowest BCUT2D eigenvalue weighted by molar-refractivity contribution is 0.0240. The minimum Gasteiger partial charge on any atom is -0.453 e. The molecule has 120 valence electrons. The second-order valence-corrected chi connectivity index (χ2v) is 5.80. The quantitative estimate of drug-likeness (QED) is 0.590. The van der Waals surface area contributed by atoms with Crippen LogP contribution >= 0.6 is 0 Å². The van der Waals surface area contributed by atoms with Crippen molar-refractivity contribution in [2.75, 3.05) is 0 Å². The molecule has 2 unspecified atom stereocenters. The Labute approximate surface area is 142 Å². The van der Waals surface area contributed by atoms with E-state index in [1.165, 1.54) is 0 Å². The Kier molecular flexibility index (Phi) is 5.07. The largest absolute Gasteiger partial charge is 0.453 e. The fourth-order valence-corrected chi connectivity index (χ4v) is 2.79. The van der Waals surface area contributed by atoms with E-state index in [-0.39, 0.29) is 18.0 Å². The number of carbonyl (C=O) groups is 1. The maximum absolute atomic E-state index is 12.5. The molecule has 24 heavy (non-hydrogen) atoms. The number of carbonyl (C=O) groups excluding carboxylic acids is 1. The van der Waals surface area contributed by atoms with Crippen molar-refractivity contribution < 1.29 is 9.53 Å². The van der Waals surface area contributed by atoms with Gasteiger partial charge in [0.05, 0.1) is 5.56 Å². The van der Waals surface area contributed by atoms with Crippen molar-refractivity contribution in [3.63, 3.8) is 0 Å². The molecule has 2 heteroatoms. The SMILES string of the molecule is CC(c1ccccc1)C(OC(=O)c1ccccc1)c1ccccc1. The number of hydrogen-bond acceptors (Lipinski definition) is 2. The highest BCUT2D eigenvalue weighted by Gasteiger charge is 2.25. The molecule has 3 aromatic rings. The first-order valence-corrected chi connectivity index (χ1v) is 8.11. The summed E-state index contributed by atoms with van der Waals surface area (Å²) < 4.78 is 5.90. The van der Waals surface area contributed by atoms with Crippen LogP contribution in [0, 0.1) is 0 Å². The third-order valence-electron chi connectivity index (χ3n) is 4.15. The highest BCUT2D eigenvalue weighted by molar-refractivity contribution is 5.89. The molecule has 0 saturated heterocycles. The second-order valence-electron chi connectivity index (χ2n) is 5.80. The van der Waals surface area contributed by atoms with Crippen molar-refractivity contribution in [1.29, 1.82) is 0 Å². The van der Waals surface area contributed by atoms with Crippen molar-refractivity contribution in [1.82, 2.24) is 0 Å². The van der Waals surface area contributed by atoms with Gasteiger partial charge in [-0.3, -0.25) is 0 Å². The number of esters is 1. The van der Waals surface area contributed by atoms with Gasteiger partial charge in [-0.15, -0.1) is 0 Å². The lowest BCUT2D eigenvalue weighted by atomic mass is 9.90. The molecule has 0 fully saturated rings. The summed E-state index contributed by atoms with van der Waals surface area (Å²) in [5, 5.41) is 0. The van der Waals surface area contributed by atoms with E-state index in [2.05, 4.69) is 19.1 Å². The van der Waals surface area contributed by atoms with Gasteiger partial charge in [0.15, 0.2) is 0 Å². The molecule has 0 amide bonds. The van der Waals surface area contributed by atoms with Gasteiger partial charge in [0, 0.05) is 5.92 Å². The zero-order chi connectivity index (χ0) is 16.8. The first kappa shape index (κ1) is 16.0. The van der Waals surface area contributed by atoms with E-state index in [0.29, 0.717) is 5.56 Å². The van der Waals surface area contributed by atoms with Gasteiger partial charge < -0.3 is 4.74 Å². The lowest BCUT2D eigenvalue weighted by Gasteiger charge is -2.25. The summed E-state index contributed by atoms with van der Waals surface area (Å²) >= 11 is 0. The van der Waals surface area contributed by atoms with E-state index >= 15 is 0 Å². The summed E-state index contributed by atoms with van der Waals surface area (Å²) in [4.78, 5) is 12.5. The van der Waals surface area contributed by atoms with E-state index in [0.717, 1.165) is 11.1 Å². The van der Waals surface area contributed by atoms with Crippen LogP contribution in [-0.4, -0.2) is 5.97 Å². The van der Waals surface area contributed by atoms with E-state index < -0.39 is 0 Å². The van der Waals surface area contributed by atoms with Crippen LogP contribution in [-0.2, 0) is 4.74 Å². The molecule has 0 N–H and O–H groups in total. The van der Waals surface area contributed by atoms with Gasteiger partial charge in [-0.05, 0) is 23.3 Å². The summed E-state index contributed by atoms with van der Waals surface area (Å²) in [5.41, 5.74) is 2.71. The average Bonchev–Trinajstić information content (AvgIpc) is 2.67. The summed E-state index contributed by atoms with van der Waals surface area (Å²) in [6.45, 7) is 2.09. The van der Waals surface area contributed by atoms with Gasteiger partial charge in [0.1, 0.15) is 6.10 Å². The van der Waals surface area contributed by atoms with Crippen molar-refractivity contribution in [3.8, 4) is 0 Å². The first-order chi connectivity index (χ1) is 11.8. The molecule has 0 bridgehead atoms. The Morgan fingerprint density at radius 1 is 0.708 bits per heavy atom. The minimum atomic E-state index is -0.332.